The third-order valence-electron chi connectivity index (χ3n) is 3.47. The number of hydrogen-bond donors (Lipinski definition) is 2. The lowest BCUT2D eigenvalue weighted by Gasteiger charge is -2.09. The Morgan fingerprint density at radius 3 is 2.52 bits per heavy atom. The van der Waals surface area contributed by atoms with Crippen LogP contribution in [-0.4, -0.2) is 36.6 Å². The summed E-state index contributed by atoms with van der Waals surface area (Å²) in [6, 6.07) is 9.66. The van der Waals surface area contributed by atoms with Crippen molar-refractivity contribution in [1.29, 1.82) is 0 Å². The van der Waals surface area contributed by atoms with E-state index in [-0.39, 0.29) is 23.9 Å². The van der Waals surface area contributed by atoms with E-state index in [4.69, 9.17) is 4.74 Å². The first kappa shape index (κ1) is 18.4. The van der Waals surface area contributed by atoms with E-state index in [2.05, 4.69) is 10.6 Å². The Morgan fingerprint density at radius 1 is 1.12 bits per heavy atom. The molecule has 7 heteroatoms. The molecule has 1 aromatic heterocycles. The number of carbonyl (C=O) groups is 2. The van der Waals surface area contributed by atoms with E-state index in [1.807, 2.05) is 6.92 Å². The number of pyridine rings is 1. The molecule has 1 aromatic carbocycles. The van der Waals surface area contributed by atoms with Gasteiger partial charge in [-0.05, 0) is 36.8 Å². The van der Waals surface area contributed by atoms with E-state index in [1.54, 1.807) is 43.6 Å². The van der Waals surface area contributed by atoms with Gasteiger partial charge in [0.1, 0.15) is 6.54 Å². The third kappa shape index (κ3) is 5.58. The number of amides is 2. The summed E-state index contributed by atoms with van der Waals surface area (Å²) in [5.74, 6) is -0.522. The molecule has 0 aliphatic rings. The van der Waals surface area contributed by atoms with Gasteiger partial charge in [-0.2, -0.15) is 0 Å². The smallest absolute Gasteiger partial charge is 0.251 e. The largest absolute Gasteiger partial charge is 0.383 e. The molecule has 2 N–H and O–H groups in total. The van der Waals surface area contributed by atoms with Crippen molar-refractivity contribution < 1.29 is 14.3 Å². The second-order valence-electron chi connectivity index (χ2n) is 5.55. The van der Waals surface area contributed by atoms with Crippen LogP contribution in [0.25, 0.3) is 0 Å². The topological polar surface area (TPSA) is 89.4 Å². The van der Waals surface area contributed by atoms with Crippen LogP contribution in [0.5, 0.6) is 0 Å². The van der Waals surface area contributed by atoms with Crippen LogP contribution in [0.3, 0.4) is 0 Å². The van der Waals surface area contributed by atoms with Crippen LogP contribution in [0.2, 0.25) is 0 Å². The maximum Gasteiger partial charge on any atom is 0.251 e. The van der Waals surface area contributed by atoms with Gasteiger partial charge in [-0.25, -0.2) is 0 Å². The van der Waals surface area contributed by atoms with Crippen molar-refractivity contribution in [3.8, 4) is 0 Å². The number of nitrogens with one attached hydrogen (secondary N) is 2. The van der Waals surface area contributed by atoms with Gasteiger partial charge in [0, 0.05) is 37.2 Å². The molecule has 2 rings (SSSR count). The molecule has 0 unspecified atom stereocenters. The van der Waals surface area contributed by atoms with Crippen molar-refractivity contribution in [3.63, 3.8) is 0 Å². The van der Waals surface area contributed by atoms with Crippen LogP contribution in [0.15, 0.2) is 47.4 Å². The average Bonchev–Trinajstić information content (AvgIpc) is 2.59. The first-order valence-electron chi connectivity index (χ1n) is 7.84. The monoisotopic (exact) mass is 343 g/mol. The maximum absolute atomic E-state index is 12.1. The van der Waals surface area contributed by atoms with Crippen molar-refractivity contribution in [2.24, 2.45) is 0 Å². The van der Waals surface area contributed by atoms with Crippen LogP contribution in [0.1, 0.15) is 15.9 Å². The Morgan fingerprint density at radius 2 is 1.84 bits per heavy atom. The summed E-state index contributed by atoms with van der Waals surface area (Å²) >= 11 is 0. The third-order valence-corrected chi connectivity index (χ3v) is 3.47. The summed E-state index contributed by atoms with van der Waals surface area (Å²) in [6.07, 6.45) is 1.63. The molecule has 7 nitrogen and oxygen atoms in total. The van der Waals surface area contributed by atoms with Crippen molar-refractivity contribution in [3.05, 3.63) is 64.1 Å². The molecular formula is C18H21N3O4. The van der Waals surface area contributed by atoms with Crippen molar-refractivity contribution >= 4 is 17.5 Å². The van der Waals surface area contributed by atoms with Gasteiger partial charge in [-0.1, -0.05) is 6.07 Å². The molecule has 0 saturated heterocycles. The number of aryl methyl sites for hydroxylation is 1. The zero-order valence-electron chi connectivity index (χ0n) is 14.2. The summed E-state index contributed by atoms with van der Waals surface area (Å²) in [5.41, 5.74) is 1.71. The predicted molar refractivity (Wildman–Crippen MR) is 94.7 cm³/mol. The molecule has 0 fully saturated rings. The molecule has 0 aliphatic carbocycles. The highest BCUT2D eigenvalue weighted by atomic mass is 16.5. The first-order valence-corrected chi connectivity index (χ1v) is 7.84. The lowest BCUT2D eigenvalue weighted by Crippen LogP contribution is -2.27. The second kappa shape index (κ2) is 8.79. The zero-order valence-corrected chi connectivity index (χ0v) is 14.2. The van der Waals surface area contributed by atoms with Crippen molar-refractivity contribution in [2.45, 2.75) is 13.5 Å². The summed E-state index contributed by atoms with van der Waals surface area (Å²) in [6.45, 7) is 2.65. The Kier molecular flexibility index (Phi) is 6.47. The van der Waals surface area contributed by atoms with E-state index < -0.39 is 0 Å². The highest BCUT2D eigenvalue weighted by Gasteiger charge is 2.07. The van der Waals surface area contributed by atoms with Gasteiger partial charge in [0.05, 0.1) is 6.61 Å². The molecule has 0 aliphatic heterocycles. The highest BCUT2D eigenvalue weighted by Crippen LogP contribution is 2.09. The Hall–Kier alpha value is -2.93. The van der Waals surface area contributed by atoms with E-state index in [0.717, 1.165) is 5.56 Å². The van der Waals surface area contributed by atoms with Gasteiger partial charge in [-0.15, -0.1) is 0 Å². The van der Waals surface area contributed by atoms with Crippen LogP contribution in [0, 0.1) is 6.92 Å². The number of hydrogen-bond acceptors (Lipinski definition) is 4. The molecule has 132 valence electrons. The van der Waals surface area contributed by atoms with E-state index in [1.165, 1.54) is 10.6 Å². The molecule has 0 bridgehead atoms. The number of anilines is 1. The number of methoxy groups -OCH3 is 1. The second-order valence-corrected chi connectivity index (χ2v) is 5.55. The van der Waals surface area contributed by atoms with Crippen LogP contribution in [0.4, 0.5) is 5.69 Å². The molecule has 25 heavy (non-hydrogen) atoms. The van der Waals surface area contributed by atoms with Crippen LogP contribution >= 0.6 is 0 Å². The molecule has 0 atom stereocenters. The lowest BCUT2D eigenvalue weighted by atomic mass is 10.2. The van der Waals surface area contributed by atoms with Gasteiger partial charge in [-0.3, -0.25) is 14.4 Å². The number of benzene rings is 1. The fraction of sp³-hybridized carbons (Fsp3) is 0.278. The number of ether oxygens (including phenoxy) is 1. The zero-order chi connectivity index (χ0) is 18.2. The minimum Gasteiger partial charge on any atom is -0.383 e. The van der Waals surface area contributed by atoms with Crippen molar-refractivity contribution in [2.75, 3.05) is 25.6 Å². The number of carbonyl (C=O) groups excluding carboxylic acids is 2. The van der Waals surface area contributed by atoms with Gasteiger partial charge >= 0.3 is 0 Å². The number of nitrogens with zero attached hydrogens (tertiary/aromatic N) is 1. The average molecular weight is 343 g/mol. The number of rotatable bonds is 7. The fourth-order valence-corrected chi connectivity index (χ4v) is 2.20. The minimum absolute atomic E-state index is 0.0697. The summed E-state index contributed by atoms with van der Waals surface area (Å²) in [7, 11) is 1.56. The molecule has 1 heterocycles. The molecular weight excluding hydrogens is 322 g/mol. The van der Waals surface area contributed by atoms with Crippen LogP contribution < -0.4 is 16.2 Å². The molecule has 0 radical (unpaired) electrons. The summed E-state index contributed by atoms with van der Waals surface area (Å²) < 4.78 is 6.22. The lowest BCUT2D eigenvalue weighted by molar-refractivity contribution is -0.116. The predicted octanol–water partition coefficient (Wildman–Crippen LogP) is 1.17. The minimum atomic E-state index is -0.315. The van der Waals surface area contributed by atoms with Crippen LogP contribution in [-0.2, 0) is 16.1 Å². The molecule has 2 amide bonds. The van der Waals surface area contributed by atoms with E-state index >= 15 is 0 Å². The fourth-order valence-electron chi connectivity index (χ4n) is 2.20. The van der Waals surface area contributed by atoms with Gasteiger partial charge in [0.25, 0.3) is 11.5 Å². The maximum atomic E-state index is 12.1. The van der Waals surface area contributed by atoms with Gasteiger partial charge < -0.3 is 19.9 Å². The standard InChI is InChI=1S/C18H21N3O4/c1-13-3-8-17(23)21(11-13)12-16(22)20-15-6-4-14(5-7-15)18(24)19-9-10-25-2/h3-8,11H,9-10,12H2,1-2H3,(H,19,24)(H,20,22). The SMILES string of the molecule is COCCNC(=O)c1ccc(NC(=O)Cn2cc(C)ccc2=O)cc1. The first-order chi connectivity index (χ1) is 12.0. The Labute approximate surface area is 145 Å². The van der Waals surface area contributed by atoms with Gasteiger partial charge in [0.2, 0.25) is 5.91 Å². The Balaban J connectivity index is 1.94. The molecule has 2 aromatic rings. The molecule has 0 saturated carbocycles. The van der Waals surface area contributed by atoms with Gasteiger partial charge in [0.15, 0.2) is 0 Å². The summed E-state index contributed by atoms with van der Waals surface area (Å²) in [5, 5.41) is 5.42. The molecule has 0 spiro atoms. The van der Waals surface area contributed by atoms with E-state index in [9.17, 15) is 14.4 Å². The van der Waals surface area contributed by atoms with E-state index in [0.29, 0.717) is 24.4 Å². The normalized spacial score (nSPS) is 10.3. The number of aromatic nitrogens is 1. The summed E-state index contributed by atoms with van der Waals surface area (Å²) in [4.78, 5) is 35.7. The quantitative estimate of drug-likeness (QED) is 0.739. The van der Waals surface area contributed by atoms with Crippen molar-refractivity contribution in [1.82, 2.24) is 9.88 Å². The Bertz CT molecular complexity index is 797. The highest BCUT2D eigenvalue weighted by molar-refractivity contribution is 5.95.